The summed E-state index contributed by atoms with van der Waals surface area (Å²) in [6.07, 6.45) is 1.57. The van der Waals surface area contributed by atoms with Crippen LogP contribution in [0.2, 0.25) is 0 Å². The summed E-state index contributed by atoms with van der Waals surface area (Å²) in [4.78, 5) is 31.6. The minimum Gasteiger partial charge on any atom is -0.318 e. The molecule has 0 aliphatic heterocycles. The number of aryl methyl sites for hydroxylation is 1. The molecule has 2 aromatic carbocycles. The van der Waals surface area contributed by atoms with Gasteiger partial charge in [-0.3, -0.25) is 13.9 Å². The molecule has 0 spiro atoms. The fourth-order valence-electron chi connectivity index (χ4n) is 4.81. The zero-order valence-corrected chi connectivity index (χ0v) is 22.4. The number of tetrazole rings is 1. The van der Waals surface area contributed by atoms with Crippen LogP contribution in [0.4, 0.5) is 0 Å². The molecule has 5 rings (SSSR count). The Morgan fingerprint density at radius 2 is 1.53 bits per heavy atom. The Morgan fingerprint density at radius 1 is 0.842 bits per heavy atom. The molecule has 3 heterocycles. The summed E-state index contributed by atoms with van der Waals surface area (Å²) >= 11 is 0. The maximum atomic E-state index is 13.6. The summed E-state index contributed by atoms with van der Waals surface area (Å²) in [5.74, 6) is 1.09. The van der Waals surface area contributed by atoms with Crippen LogP contribution in [0.1, 0.15) is 39.1 Å². The standard InChI is InChI=1S/C28H32N8O2/c1-18(2)14-34-26-25(27(37)35(28(34)38)15-19(3)4)33(20(5)30-26)16-21-10-12-22(13-11-21)23-8-6-7-9-24(23)36-17-29-31-32-36/h6-13,17-19H,14-16H2,1-5H3. The van der Waals surface area contributed by atoms with Crippen molar-refractivity contribution in [1.29, 1.82) is 0 Å². The Morgan fingerprint density at radius 3 is 2.18 bits per heavy atom. The number of aromatic nitrogens is 8. The maximum absolute atomic E-state index is 13.6. The van der Waals surface area contributed by atoms with Gasteiger partial charge in [-0.1, -0.05) is 70.2 Å². The fourth-order valence-corrected chi connectivity index (χ4v) is 4.81. The van der Waals surface area contributed by atoms with E-state index in [9.17, 15) is 9.59 Å². The van der Waals surface area contributed by atoms with Crippen molar-refractivity contribution in [2.75, 3.05) is 0 Å². The van der Waals surface area contributed by atoms with Crippen LogP contribution in [-0.2, 0) is 19.6 Å². The molecule has 196 valence electrons. The smallest absolute Gasteiger partial charge is 0.318 e. The van der Waals surface area contributed by atoms with E-state index in [1.165, 1.54) is 4.57 Å². The summed E-state index contributed by atoms with van der Waals surface area (Å²) < 4.78 is 6.59. The normalized spacial score (nSPS) is 11.8. The van der Waals surface area contributed by atoms with Crippen LogP contribution in [-0.4, -0.2) is 38.9 Å². The number of fused-ring (bicyclic) bond motifs is 1. The number of para-hydroxylation sites is 1. The number of hydrogen-bond acceptors (Lipinski definition) is 6. The molecule has 0 fully saturated rings. The Kier molecular flexibility index (Phi) is 6.79. The van der Waals surface area contributed by atoms with Gasteiger partial charge in [0.05, 0.1) is 5.69 Å². The lowest BCUT2D eigenvalue weighted by Crippen LogP contribution is -2.42. The van der Waals surface area contributed by atoms with Crippen molar-refractivity contribution in [2.45, 2.75) is 54.3 Å². The molecule has 0 aliphatic rings. The lowest BCUT2D eigenvalue weighted by atomic mass is 10.0. The van der Waals surface area contributed by atoms with E-state index < -0.39 is 0 Å². The second-order valence-corrected chi connectivity index (χ2v) is 10.5. The van der Waals surface area contributed by atoms with Crippen LogP contribution < -0.4 is 11.2 Å². The van der Waals surface area contributed by atoms with E-state index in [1.807, 2.05) is 61.7 Å². The van der Waals surface area contributed by atoms with E-state index in [1.54, 1.807) is 15.6 Å². The SMILES string of the molecule is Cc1nc2c(c(=O)n(CC(C)C)c(=O)n2CC(C)C)n1Cc1ccc(-c2ccccc2-n2cnnn2)cc1. The Bertz CT molecular complexity index is 1690. The number of benzene rings is 2. The van der Waals surface area contributed by atoms with Crippen LogP contribution in [0.5, 0.6) is 0 Å². The van der Waals surface area contributed by atoms with Crippen molar-refractivity contribution in [3.05, 3.63) is 87.1 Å². The third kappa shape index (κ3) is 4.69. The number of hydrogen-bond donors (Lipinski definition) is 0. The van der Waals surface area contributed by atoms with Gasteiger partial charge in [0.25, 0.3) is 5.56 Å². The first-order valence-corrected chi connectivity index (χ1v) is 12.9. The highest BCUT2D eigenvalue weighted by Crippen LogP contribution is 2.27. The largest absolute Gasteiger partial charge is 0.332 e. The molecule has 3 aromatic heterocycles. The topological polar surface area (TPSA) is 105 Å². The third-order valence-corrected chi connectivity index (χ3v) is 6.51. The summed E-state index contributed by atoms with van der Waals surface area (Å²) in [6.45, 7) is 11.3. The molecule has 0 atom stereocenters. The predicted octanol–water partition coefficient (Wildman–Crippen LogP) is 3.67. The highest BCUT2D eigenvalue weighted by molar-refractivity contribution is 5.73. The average Bonchev–Trinajstić information content (AvgIpc) is 3.53. The molecule has 5 aromatic rings. The first-order valence-electron chi connectivity index (χ1n) is 12.9. The van der Waals surface area contributed by atoms with E-state index in [4.69, 9.17) is 4.98 Å². The van der Waals surface area contributed by atoms with Crippen molar-refractivity contribution in [1.82, 2.24) is 38.9 Å². The van der Waals surface area contributed by atoms with Gasteiger partial charge in [-0.15, -0.1) is 5.10 Å². The summed E-state index contributed by atoms with van der Waals surface area (Å²) in [5, 5.41) is 11.5. The van der Waals surface area contributed by atoms with E-state index >= 15 is 0 Å². The maximum Gasteiger partial charge on any atom is 0.332 e. The van der Waals surface area contributed by atoms with E-state index in [2.05, 4.69) is 41.5 Å². The molecular formula is C28H32N8O2. The molecule has 0 saturated heterocycles. The van der Waals surface area contributed by atoms with Crippen LogP contribution in [0.25, 0.3) is 28.0 Å². The number of rotatable bonds is 8. The minimum atomic E-state index is -0.292. The van der Waals surface area contributed by atoms with Gasteiger partial charge < -0.3 is 4.57 Å². The molecule has 10 nitrogen and oxygen atoms in total. The number of imidazole rings is 1. The summed E-state index contributed by atoms with van der Waals surface area (Å²) in [7, 11) is 0. The van der Waals surface area contributed by atoms with Crippen molar-refractivity contribution < 1.29 is 0 Å². The molecule has 0 unspecified atom stereocenters. The van der Waals surface area contributed by atoms with Gasteiger partial charge in [-0.05, 0) is 46.4 Å². The first-order chi connectivity index (χ1) is 18.2. The molecule has 0 aliphatic carbocycles. The lowest BCUT2D eigenvalue weighted by molar-refractivity contribution is 0.450. The molecule has 0 bridgehead atoms. The van der Waals surface area contributed by atoms with Crippen LogP contribution in [0.15, 0.2) is 64.4 Å². The van der Waals surface area contributed by atoms with Crippen molar-refractivity contribution in [3.63, 3.8) is 0 Å². The van der Waals surface area contributed by atoms with E-state index in [0.717, 1.165) is 22.4 Å². The van der Waals surface area contributed by atoms with Gasteiger partial charge in [0, 0.05) is 25.2 Å². The second kappa shape index (κ2) is 10.2. The van der Waals surface area contributed by atoms with Crippen LogP contribution in [0.3, 0.4) is 0 Å². The quantitative estimate of drug-likeness (QED) is 0.314. The molecular weight excluding hydrogens is 480 g/mol. The van der Waals surface area contributed by atoms with E-state index in [0.29, 0.717) is 36.6 Å². The molecule has 0 N–H and O–H groups in total. The average molecular weight is 513 g/mol. The Hall–Kier alpha value is -4.34. The minimum absolute atomic E-state index is 0.159. The van der Waals surface area contributed by atoms with Gasteiger partial charge in [0.2, 0.25) is 0 Å². The molecule has 0 amide bonds. The Balaban J connectivity index is 1.56. The first kappa shape index (κ1) is 25.3. The van der Waals surface area contributed by atoms with Gasteiger partial charge >= 0.3 is 5.69 Å². The predicted molar refractivity (Wildman–Crippen MR) is 146 cm³/mol. The molecule has 38 heavy (non-hydrogen) atoms. The van der Waals surface area contributed by atoms with Crippen LogP contribution in [0, 0.1) is 18.8 Å². The zero-order valence-electron chi connectivity index (χ0n) is 22.4. The molecule has 0 radical (unpaired) electrons. The van der Waals surface area contributed by atoms with Gasteiger partial charge in [0.15, 0.2) is 11.2 Å². The highest BCUT2D eigenvalue weighted by atomic mass is 16.2. The van der Waals surface area contributed by atoms with E-state index in [-0.39, 0.29) is 23.1 Å². The fraction of sp³-hybridized carbons (Fsp3) is 0.357. The second-order valence-electron chi connectivity index (χ2n) is 10.5. The van der Waals surface area contributed by atoms with Crippen molar-refractivity contribution >= 4 is 11.2 Å². The number of nitrogens with zero attached hydrogens (tertiary/aromatic N) is 8. The zero-order chi connectivity index (χ0) is 27.0. The Labute approximate surface area is 220 Å². The van der Waals surface area contributed by atoms with Crippen molar-refractivity contribution in [3.8, 4) is 16.8 Å². The van der Waals surface area contributed by atoms with Gasteiger partial charge in [-0.2, -0.15) is 4.68 Å². The lowest BCUT2D eigenvalue weighted by Gasteiger charge is -2.15. The summed E-state index contributed by atoms with van der Waals surface area (Å²) in [5.41, 5.74) is 4.28. The van der Waals surface area contributed by atoms with Gasteiger partial charge in [0.1, 0.15) is 12.2 Å². The molecule has 0 saturated carbocycles. The molecule has 10 heteroatoms. The van der Waals surface area contributed by atoms with Crippen molar-refractivity contribution in [2.24, 2.45) is 11.8 Å². The summed E-state index contributed by atoms with van der Waals surface area (Å²) in [6, 6.07) is 16.1. The monoisotopic (exact) mass is 512 g/mol. The van der Waals surface area contributed by atoms with Gasteiger partial charge in [-0.25, -0.2) is 9.78 Å². The highest BCUT2D eigenvalue weighted by Gasteiger charge is 2.21. The third-order valence-electron chi connectivity index (χ3n) is 6.51. The van der Waals surface area contributed by atoms with Crippen LogP contribution >= 0.6 is 0 Å².